The van der Waals surface area contributed by atoms with Gasteiger partial charge in [0.05, 0.1) is 0 Å². The van der Waals surface area contributed by atoms with Crippen molar-refractivity contribution in [1.29, 1.82) is 0 Å². The van der Waals surface area contributed by atoms with Gasteiger partial charge < -0.3 is 10.4 Å². The van der Waals surface area contributed by atoms with Crippen molar-refractivity contribution in [2.24, 2.45) is 0 Å². The molecule has 88 valence electrons. The Morgan fingerprint density at radius 2 is 2.19 bits per heavy atom. The number of benzene rings is 1. The summed E-state index contributed by atoms with van der Waals surface area (Å²) in [6, 6.07) is 5.99. The summed E-state index contributed by atoms with van der Waals surface area (Å²) in [5.74, 6) is -2.86. The maximum Gasteiger partial charge on any atom is 0.404 e. The molecule has 0 heterocycles. The Hall–Kier alpha value is -1.65. The Labute approximate surface area is 92.1 Å². The lowest BCUT2D eigenvalue weighted by molar-refractivity contribution is 0.0174. The van der Waals surface area contributed by atoms with Gasteiger partial charge in [-0.25, -0.2) is 13.6 Å². The molecule has 1 rings (SSSR count). The fourth-order valence-electron chi connectivity index (χ4n) is 1.31. The zero-order chi connectivity index (χ0) is 12.2. The van der Waals surface area contributed by atoms with Crippen LogP contribution in [0.1, 0.15) is 18.1 Å². The second kappa shape index (κ2) is 4.92. The Morgan fingerprint density at radius 1 is 1.50 bits per heavy atom. The lowest BCUT2D eigenvalue weighted by Gasteiger charge is -2.11. The van der Waals surface area contributed by atoms with Crippen molar-refractivity contribution in [3.05, 3.63) is 35.4 Å². The van der Waals surface area contributed by atoms with Crippen LogP contribution >= 0.6 is 0 Å². The van der Waals surface area contributed by atoms with Gasteiger partial charge in [0, 0.05) is 19.0 Å². The largest absolute Gasteiger partial charge is 0.465 e. The first kappa shape index (κ1) is 12.4. The highest BCUT2D eigenvalue weighted by molar-refractivity contribution is 5.64. The molecule has 0 saturated heterocycles. The van der Waals surface area contributed by atoms with E-state index in [9.17, 15) is 13.6 Å². The van der Waals surface area contributed by atoms with Crippen LogP contribution in [0.5, 0.6) is 0 Å². The first-order valence-electron chi connectivity index (χ1n) is 4.83. The van der Waals surface area contributed by atoms with Gasteiger partial charge in [-0.15, -0.1) is 0 Å². The van der Waals surface area contributed by atoms with Crippen molar-refractivity contribution in [3.8, 4) is 0 Å². The quantitative estimate of drug-likeness (QED) is 0.833. The first-order valence-corrected chi connectivity index (χ1v) is 4.83. The van der Waals surface area contributed by atoms with E-state index in [1.54, 1.807) is 12.1 Å². The van der Waals surface area contributed by atoms with Crippen LogP contribution in [0.15, 0.2) is 24.3 Å². The van der Waals surface area contributed by atoms with E-state index in [0.717, 1.165) is 6.92 Å². The molecule has 3 nitrogen and oxygen atoms in total. The van der Waals surface area contributed by atoms with E-state index >= 15 is 0 Å². The Balaban J connectivity index is 2.64. The van der Waals surface area contributed by atoms with Crippen LogP contribution in [0.25, 0.3) is 0 Å². The molecule has 1 amide bonds. The van der Waals surface area contributed by atoms with Crippen molar-refractivity contribution in [1.82, 2.24) is 5.32 Å². The molecular weight excluding hydrogens is 216 g/mol. The summed E-state index contributed by atoms with van der Waals surface area (Å²) in [7, 11) is 0. The van der Waals surface area contributed by atoms with Crippen LogP contribution in [-0.4, -0.2) is 17.7 Å². The van der Waals surface area contributed by atoms with Gasteiger partial charge >= 0.3 is 6.09 Å². The van der Waals surface area contributed by atoms with Crippen LogP contribution in [0, 0.1) is 0 Å². The number of hydrogen-bond donors (Lipinski definition) is 2. The minimum Gasteiger partial charge on any atom is -0.465 e. The van der Waals surface area contributed by atoms with Crippen LogP contribution in [0.2, 0.25) is 0 Å². The maximum absolute atomic E-state index is 13.0. The fourth-order valence-corrected chi connectivity index (χ4v) is 1.31. The van der Waals surface area contributed by atoms with Gasteiger partial charge in [0.25, 0.3) is 5.92 Å². The molecule has 0 bridgehead atoms. The van der Waals surface area contributed by atoms with E-state index in [2.05, 4.69) is 5.32 Å². The third kappa shape index (κ3) is 3.84. The van der Waals surface area contributed by atoms with Gasteiger partial charge in [0.2, 0.25) is 0 Å². The van der Waals surface area contributed by atoms with E-state index < -0.39 is 12.0 Å². The van der Waals surface area contributed by atoms with Crippen LogP contribution in [0.4, 0.5) is 13.6 Å². The number of carbonyl (C=O) groups is 1. The van der Waals surface area contributed by atoms with Crippen LogP contribution in [-0.2, 0) is 12.3 Å². The van der Waals surface area contributed by atoms with E-state index in [1.807, 2.05) is 0 Å². The molecule has 2 N–H and O–H groups in total. The first-order chi connectivity index (χ1) is 7.39. The summed E-state index contributed by atoms with van der Waals surface area (Å²) in [6.07, 6.45) is -0.715. The smallest absolute Gasteiger partial charge is 0.404 e. The van der Waals surface area contributed by atoms with Gasteiger partial charge in [-0.2, -0.15) is 0 Å². The van der Waals surface area contributed by atoms with Crippen LogP contribution < -0.4 is 5.32 Å². The molecule has 0 aromatic heterocycles. The number of nitrogens with one attached hydrogen (secondary N) is 1. The molecule has 0 spiro atoms. The Kier molecular flexibility index (Phi) is 3.82. The average molecular weight is 229 g/mol. The highest BCUT2D eigenvalue weighted by Gasteiger charge is 2.23. The number of amides is 1. The fraction of sp³-hybridized carbons (Fsp3) is 0.364. The predicted molar refractivity (Wildman–Crippen MR) is 55.7 cm³/mol. The van der Waals surface area contributed by atoms with Crippen molar-refractivity contribution in [2.75, 3.05) is 6.54 Å². The number of hydrogen-bond acceptors (Lipinski definition) is 1. The second-order valence-corrected chi connectivity index (χ2v) is 3.57. The lowest BCUT2D eigenvalue weighted by Crippen LogP contribution is -2.23. The van der Waals surface area contributed by atoms with E-state index in [-0.39, 0.29) is 12.1 Å². The standard InChI is InChI=1S/C11H13F2NO2/c1-11(12,13)9-4-2-3-8(7-9)5-6-14-10(15)16/h2-4,7,14H,5-6H2,1H3,(H,15,16). The average Bonchev–Trinajstić information content (AvgIpc) is 2.16. The number of alkyl halides is 2. The molecule has 0 unspecified atom stereocenters. The normalized spacial score (nSPS) is 11.2. The summed E-state index contributed by atoms with van der Waals surface area (Å²) >= 11 is 0. The van der Waals surface area contributed by atoms with E-state index in [0.29, 0.717) is 12.0 Å². The molecule has 0 atom stereocenters. The number of rotatable bonds is 4. The molecule has 1 aromatic carbocycles. The molecule has 0 aliphatic rings. The third-order valence-electron chi connectivity index (χ3n) is 2.12. The summed E-state index contributed by atoms with van der Waals surface area (Å²) in [5.41, 5.74) is 0.633. The van der Waals surface area contributed by atoms with Gasteiger partial charge in [0.1, 0.15) is 0 Å². The van der Waals surface area contributed by atoms with Crippen LogP contribution in [0.3, 0.4) is 0 Å². The maximum atomic E-state index is 13.0. The van der Waals surface area contributed by atoms with Crippen molar-refractivity contribution < 1.29 is 18.7 Å². The Morgan fingerprint density at radius 3 is 2.75 bits per heavy atom. The third-order valence-corrected chi connectivity index (χ3v) is 2.12. The molecular formula is C11H13F2NO2. The number of carboxylic acid groups (broad SMARTS) is 1. The topological polar surface area (TPSA) is 49.3 Å². The Bertz CT molecular complexity index is 374. The number of halogens is 2. The van der Waals surface area contributed by atoms with Crippen molar-refractivity contribution in [3.63, 3.8) is 0 Å². The molecule has 0 saturated carbocycles. The van der Waals surface area contributed by atoms with E-state index in [1.165, 1.54) is 12.1 Å². The SMILES string of the molecule is CC(F)(F)c1cccc(CCNC(=O)O)c1. The lowest BCUT2D eigenvalue weighted by atomic mass is 10.0. The summed E-state index contributed by atoms with van der Waals surface area (Å²) in [4.78, 5) is 10.2. The molecule has 16 heavy (non-hydrogen) atoms. The highest BCUT2D eigenvalue weighted by atomic mass is 19.3. The van der Waals surface area contributed by atoms with Crippen molar-refractivity contribution >= 4 is 6.09 Å². The van der Waals surface area contributed by atoms with Gasteiger partial charge in [-0.3, -0.25) is 0 Å². The summed E-state index contributed by atoms with van der Waals surface area (Å²) in [5, 5.41) is 10.5. The zero-order valence-corrected chi connectivity index (χ0v) is 8.84. The predicted octanol–water partition coefficient (Wildman–Crippen LogP) is 2.61. The molecule has 0 radical (unpaired) electrons. The van der Waals surface area contributed by atoms with Crippen molar-refractivity contribution in [2.45, 2.75) is 19.3 Å². The molecule has 0 fully saturated rings. The molecule has 5 heteroatoms. The van der Waals surface area contributed by atoms with Gasteiger partial charge in [-0.1, -0.05) is 18.2 Å². The summed E-state index contributed by atoms with van der Waals surface area (Å²) in [6.45, 7) is 1.05. The molecule has 0 aliphatic carbocycles. The molecule has 1 aromatic rings. The summed E-state index contributed by atoms with van der Waals surface area (Å²) < 4.78 is 26.0. The monoisotopic (exact) mass is 229 g/mol. The van der Waals surface area contributed by atoms with Gasteiger partial charge in [-0.05, 0) is 18.1 Å². The van der Waals surface area contributed by atoms with E-state index in [4.69, 9.17) is 5.11 Å². The highest BCUT2D eigenvalue weighted by Crippen LogP contribution is 2.27. The minimum atomic E-state index is -2.86. The molecule has 0 aliphatic heterocycles. The minimum absolute atomic E-state index is 0.0553. The second-order valence-electron chi connectivity index (χ2n) is 3.57. The zero-order valence-electron chi connectivity index (χ0n) is 8.84. The van der Waals surface area contributed by atoms with Gasteiger partial charge in [0.15, 0.2) is 0 Å².